The summed E-state index contributed by atoms with van der Waals surface area (Å²) in [6.45, 7) is 3.68. The first-order valence-corrected chi connectivity index (χ1v) is 10.4. The van der Waals surface area contributed by atoms with Gasteiger partial charge in [-0.3, -0.25) is 23.7 Å². The van der Waals surface area contributed by atoms with Gasteiger partial charge in [0.15, 0.2) is 5.52 Å². The number of hydrogen-bond donors (Lipinski definition) is 1. The third kappa shape index (κ3) is 4.07. The number of pyridine rings is 2. The Morgan fingerprint density at radius 1 is 0.969 bits per heavy atom. The van der Waals surface area contributed by atoms with Crippen LogP contribution in [0.2, 0.25) is 0 Å². The summed E-state index contributed by atoms with van der Waals surface area (Å²) in [6.07, 6.45) is 3.85. The van der Waals surface area contributed by atoms with Crippen LogP contribution in [-0.2, 0) is 24.3 Å². The number of nitrogens with one attached hydrogen (secondary N) is 1. The molecule has 1 N–H and O–H groups in total. The highest BCUT2D eigenvalue weighted by atomic mass is 16.2. The standard InChI is InChI=1S/C24H23N5O3/c1-3-17-9-6-8-16(2)21(17)27-20(30)15-28-19-11-7-13-26-22(19)23(31)29(24(28)32)14-18-10-4-5-12-25-18/h4-13H,3,14-15H2,1-2H3,(H,27,30). The van der Waals surface area contributed by atoms with Gasteiger partial charge < -0.3 is 5.32 Å². The minimum Gasteiger partial charge on any atom is -0.324 e. The molecule has 0 fully saturated rings. The van der Waals surface area contributed by atoms with Crippen LogP contribution in [0.25, 0.3) is 11.0 Å². The van der Waals surface area contributed by atoms with E-state index in [1.54, 1.807) is 36.5 Å². The minimum absolute atomic E-state index is 0.00951. The molecule has 1 amide bonds. The van der Waals surface area contributed by atoms with Crippen molar-refractivity contribution >= 4 is 22.6 Å². The smallest absolute Gasteiger partial charge is 0.324 e. The maximum Gasteiger partial charge on any atom is 0.332 e. The van der Waals surface area contributed by atoms with Crippen molar-refractivity contribution in [1.82, 2.24) is 19.1 Å². The second-order valence-electron chi connectivity index (χ2n) is 7.46. The Kier molecular flexibility index (Phi) is 5.93. The molecule has 0 spiro atoms. The van der Waals surface area contributed by atoms with Crippen LogP contribution >= 0.6 is 0 Å². The molecule has 3 aromatic heterocycles. The number of fused-ring (bicyclic) bond motifs is 1. The fourth-order valence-electron chi connectivity index (χ4n) is 3.71. The first-order valence-electron chi connectivity index (χ1n) is 10.4. The van der Waals surface area contributed by atoms with E-state index in [9.17, 15) is 14.4 Å². The number of amides is 1. The SMILES string of the molecule is CCc1cccc(C)c1NC(=O)Cn1c(=O)n(Cc2ccccn2)c(=O)c2ncccc21. The lowest BCUT2D eigenvalue weighted by Crippen LogP contribution is -2.42. The van der Waals surface area contributed by atoms with E-state index in [-0.39, 0.29) is 24.5 Å². The molecule has 0 atom stereocenters. The van der Waals surface area contributed by atoms with Gasteiger partial charge in [0.25, 0.3) is 5.56 Å². The summed E-state index contributed by atoms with van der Waals surface area (Å²) >= 11 is 0. The zero-order valence-electron chi connectivity index (χ0n) is 17.9. The number of aryl methyl sites for hydroxylation is 2. The molecule has 8 heteroatoms. The van der Waals surface area contributed by atoms with Gasteiger partial charge in [-0.2, -0.15) is 0 Å². The number of rotatable bonds is 6. The van der Waals surface area contributed by atoms with Gasteiger partial charge in [0.05, 0.1) is 17.8 Å². The first kappa shape index (κ1) is 21.2. The highest BCUT2D eigenvalue weighted by Gasteiger charge is 2.17. The molecule has 32 heavy (non-hydrogen) atoms. The first-order chi connectivity index (χ1) is 15.5. The molecule has 0 aliphatic rings. The van der Waals surface area contributed by atoms with Crippen molar-refractivity contribution in [3.8, 4) is 0 Å². The Balaban J connectivity index is 1.76. The van der Waals surface area contributed by atoms with Gasteiger partial charge in [0.2, 0.25) is 5.91 Å². The van der Waals surface area contributed by atoms with Crippen LogP contribution in [0.5, 0.6) is 0 Å². The van der Waals surface area contributed by atoms with Crippen LogP contribution in [0.4, 0.5) is 5.69 Å². The maximum atomic E-state index is 13.3. The van der Waals surface area contributed by atoms with Crippen molar-refractivity contribution in [2.45, 2.75) is 33.4 Å². The zero-order chi connectivity index (χ0) is 22.7. The molecule has 0 saturated heterocycles. The lowest BCUT2D eigenvalue weighted by Gasteiger charge is -2.16. The average molecular weight is 429 g/mol. The van der Waals surface area contributed by atoms with Crippen molar-refractivity contribution in [1.29, 1.82) is 0 Å². The molecule has 162 valence electrons. The van der Waals surface area contributed by atoms with Crippen molar-refractivity contribution < 1.29 is 4.79 Å². The van der Waals surface area contributed by atoms with E-state index in [2.05, 4.69) is 15.3 Å². The Bertz CT molecular complexity index is 1410. The summed E-state index contributed by atoms with van der Waals surface area (Å²) in [5.74, 6) is -0.357. The van der Waals surface area contributed by atoms with E-state index in [1.807, 2.05) is 32.0 Å². The van der Waals surface area contributed by atoms with Gasteiger partial charge in [-0.15, -0.1) is 0 Å². The topological polar surface area (TPSA) is 98.9 Å². The largest absolute Gasteiger partial charge is 0.332 e. The van der Waals surface area contributed by atoms with Crippen LogP contribution < -0.4 is 16.6 Å². The normalized spacial score (nSPS) is 10.9. The van der Waals surface area contributed by atoms with Gasteiger partial charge >= 0.3 is 5.69 Å². The number of benzene rings is 1. The lowest BCUT2D eigenvalue weighted by molar-refractivity contribution is -0.116. The van der Waals surface area contributed by atoms with Crippen LogP contribution in [0.1, 0.15) is 23.7 Å². The third-order valence-electron chi connectivity index (χ3n) is 5.34. The second kappa shape index (κ2) is 8.97. The van der Waals surface area contributed by atoms with Crippen molar-refractivity contribution in [2.24, 2.45) is 0 Å². The molecule has 0 bridgehead atoms. The minimum atomic E-state index is -0.586. The van der Waals surface area contributed by atoms with E-state index in [0.29, 0.717) is 11.2 Å². The monoisotopic (exact) mass is 429 g/mol. The zero-order valence-corrected chi connectivity index (χ0v) is 17.9. The number of nitrogens with zero attached hydrogens (tertiary/aromatic N) is 4. The van der Waals surface area contributed by atoms with Crippen molar-refractivity contribution in [3.63, 3.8) is 0 Å². The molecule has 0 radical (unpaired) electrons. The highest BCUT2D eigenvalue weighted by molar-refractivity contribution is 5.93. The summed E-state index contributed by atoms with van der Waals surface area (Å²) < 4.78 is 2.35. The van der Waals surface area contributed by atoms with Crippen LogP contribution in [0.15, 0.2) is 70.5 Å². The summed E-state index contributed by atoms with van der Waals surface area (Å²) in [7, 11) is 0. The molecule has 4 rings (SSSR count). The summed E-state index contributed by atoms with van der Waals surface area (Å²) in [4.78, 5) is 47.6. The molecule has 4 aromatic rings. The molecule has 0 saturated carbocycles. The van der Waals surface area contributed by atoms with Crippen molar-refractivity contribution in [3.05, 3.63) is 98.6 Å². The van der Waals surface area contributed by atoms with Gasteiger partial charge in [-0.1, -0.05) is 31.2 Å². The molecule has 3 heterocycles. The van der Waals surface area contributed by atoms with Gasteiger partial charge in [0.1, 0.15) is 6.54 Å². The van der Waals surface area contributed by atoms with Crippen LogP contribution in [0, 0.1) is 6.92 Å². The highest BCUT2D eigenvalue weighted by Crippen LogP contribution is 2.21. The van der Waals surface area contributed by atoms with Crippen LogP contribution in [0.3, 0.4) is 0 Å². The Morgan fingerprint density at radius 3 is 2.53 bits per heavy atom. The summed E-state index contributed by atoms with van der Waals surface area (Å²) in [5.41, 5.74) is 2.60. The number of carbonyl (C=O) groups excluding carboxylic acids is 1. The summed E-state index contributed by atoms with van der Waals surface area (Å²) in [5, 5.41) is 2.94. The fraction of sp³-hybridized carbons (Fsp3) is 0.208. The molecular formula is C24H23N5O3. The lowest BCUT2D eigenvalue weighted by atomic mass is 10.1. The Morgan fingerprint density at radius 2 is 1.78 bits per heavy atom. The van der Waals surface area contributed by atoms with E-state index < -0.39 is 11.2 Å². The maximum absolute atomic E-state index is 13.3. The molecule has 0 unspecified atom stereocenters. The predicted octanol–water partition coefficient (Wildman–Crippen LogP) is 2.51. The van der Waals surface area contributed by atoms with Gasteiger partial charge in [-0.25, -0.2) is 9.78 Å². The van der Waals surface area contributed by atoms with E-state index >= 15 is 0 Å². The molecule has 0 aliphatic heterocycles. The molecule has 1 aromatic carbocycles. The third-order valence-corrected chi connectivity index (χ3v) is 5.34. The number of anilines is 1. The van der Waals surface area contributed by atoms with Crippen LogP contribution in [-0.4, -0.2) is 25.0 Å². The van der Waals surface area contributed by atoms with Crippen molar-refractivity contribution in [2.75, 3.05) is 5.32 Å². The second-order valence-corrected chi connectivity index (χ2v) is 7.46. The molecular weight excluding hydrogens is 406 g/mol. The number of para-hydroxylation sites is 1. The van der Waals surface area contributed by atoms with E-state index in [4.69, 9.17) is 0 Å². The fourth-order valence-corrected chi connectivity index (χ4v) is 3.71. The number of aromatic nitrogens is 4. The summed E-state index contributed by atoms with van der Waals surface area (Å²) in [6, 6.07) is 14.4. The van der Waals surface area contributed by atoms with E-state index in [1.165, 1.54) is 10.8 Å². The number of carbonyl (C=O) groups is 1. The predicted molar refractivity (Wildman–Crippen MR) is 123 cm³/mol. The average Bonchev–Trinajstić information content (AvgIpc) is 2.81. The Hall–Kier alpha value is -4.07. The Labute approximate surface area is 184 Å². The van der Waals surface area contributed by atoms with Gasteiger partial charge in [0, 0.05) is 18.1 Å². The van der Waals surface area contributed by atoms with Gasteiger partial charge in [-0.05, 0) is 48.7 Å². The molecule has 8 nitrogen and oxygen atoms in total. The molecule has 0 aliphatic carbocycles. The quantitative estimate of drug-likeness (QED) is 0.508. The van der Waals surface area contributed by atoms with E-state index in [0.717, 1.165) is 27.8 Å². The number of hydrogen-bond acceptors (Lipinski definition) is 5.